The van der Waals surface area contributed by atoms with Gasteiger partial charge in [-0.2, -0.15) is 0 Å². The number of unbranched alkanes of at least 4 members (excludes halogenated alkanes) is 6. The summed E-state index contributed by atoms with van der Waals surface area (Å²) >= 11 is 0. The van der Waals surface area contributed by atoms with Crippen LogP contribution in [0.15, 0.2) is 0 Å². The summed E-state index contributed by atoms with van der Waals surface area (Å²) in [5, 5.41) is 3.13. The molecule has 0 aliphatic carbocycles. The van der Waals surface area contributed by atoms with Crippen LogP contribution in [0.2, 0.25) is 0 Å². The summed E-state index contributed by atoms with van der Waals surface area (Å²) in [4.78, 5) is 0. The van der Waals surface area contributed by atoms with Crippen molar-refractivity contribution in [1.82, 2.24) is 5.32 Å². The fourth-order valence-electron chi connectivity index (χ4n) is 1.62. The van der Waals surface area contributed by atoms with E-state index >= 15 is 0 Å². The quantitative estimate of drug-likeness (QED) is 0.439. The molecule has 0 aromatic carbocycles. The molecule has 0 aliphatic heterocycles. The summed E-state index contributed by atoms with van der Waals surface area (Å²) in [6, 6.07) is 0.283. The number of rotatable bonds is 9. The fraction of sp³-hybridized carbons (Fsp3) is 0.846. The van der Waals surface area contributed by atoms with Crippen molar-refractivity contribution in [2.24, 2.45) is 0 Å². The third-order valence-electron chi connectivity index (χ3n) is 2.65. The maximum Gasteiger partial charge on any atom is 0.0684 e. The Morgan fingerprint density at radius 2 is 1.64 bits per heavy atom. The molecule has 0 aromatic heterocycles. The van der Waals surface area contributed by atoms with Crippen molar-refractivity contribution < 1.29 is 0 Å². The van der Waals surface area contributed by atoms with Gasteiger partial charge in [-0.3, -0.25) is 0 Å². The van der Waals surface area contributed by atoms with E-state index in [1.54, 1.807) is 0 Å². The number of terminal acetylenes is 1. The molecule has 1 unspecified atom stereocenters. The number of hydrogen-bond donors (Lipinski definition) is 1. The van der Waals surface area contributed by atoms with E-state index in [4.69, 9.17) is 6.42 Å². The summed E-state index contributed by atoms with van der Waals surface area (Å²) < 4.78 is 0. The summed E-state index contributed by atoms with van der Waals surface area (Å²) in [6.45, 7) is 2.25. The van der Waals surface area contributed by atoms with Gasteiger partial charge >= 0.3 is 0 Å². The normalized spacial score (nSPS) is 12.4. The molecule has 0 radical (unpaired) electrons. The van der Waals surface area contributed by atoms with Crippen LogP contribution in [-0.2, 0) is 0 Å². The molecule has 0 fully saturated rings. The van der Waals surface area contributed by atoms with Crippen molar-refractivity contribution in [3.05, 3.63) is 0 Å². The van der Waals surface area contributed by atoms with Crippen molar-refractivity contribution in [3.63, 3.8) is 0 Å². The Morgan fingerprint density at radius 3 is 2.14 bits per heavy atom. The number of nitrogens with one attached hydrogen (secondary N) is 1. The van der Waals surface area contributed by atoms with Crippen LogP contribution in [0.5, 0.6) is 0 Å². The van der Waals surface area contributed by atoms with E-state index in [9.17, 15) is 0 Å². The molecule has 0 spiro atoms. The molecule has 0 heterocycles. The molecule has 0 bridgehead atoms. The van der Waals surface area contributed by atoms with Crippen molar-refractivity contribution in [3.8, 4) is 12.3 Å². The highest BCUT2D eigenvalue weighted by molar-refractivity contribution is 4.97. The van der Waals surface area contributed by atoms with Gasteiger partial charge in [-0.05, 0) is 13.5 Å². The lowest BCUT2D eigenvalue weighted by Crippen LogP contribution is -2.22. The van der Waals surface area contributed by atoms with E-state index in [2.05, 4.69) is 18.2 Å². The van der Waals surface area contributed by atoms with Gasteiger partial charge in [-0.1, -0.05) is 57.8 Å². The van der Waals surface area contributed by atoms with E-state index in [1.807, 2.05) is 7.05 Å². The van der Waals surface area contributed by atoms with Gasteiger partial charge in [-0.25, -0.2) is 0 Å². The molecule has 1 N–H and O–H groups in total. The molecule has 1 atom stereocenters. The SMILES string of the molecule is C#CC(CCCCCCCCC)NC. The van der Waals surface area contributed by atoms with Crippen LogP contribution in [0.1, 0.15) is 58.3 Å². The molecule has 0 rings (SSSR count). The minimum atomic E-state index is 0.283. The summed E-state index contributed by atoms with van der Waals surface area (Å²) in [5.41, 5.74) is 0. The topological polar surface area (TPSA) is 12.0 Å². The smallest absolute Gasteiger partial charge is 0.0684 e. The van der Waals surface area contributed by atoms with Crippen molar-refractivity contribution in [2.75, 3.05) is 7.05 Å². The largest absolute Gasteiger partial charge is 0.307 e. The van der Waals surface area contributed by atoms with E-state index < -0.39 is 0 Å². The zero-order valence-corrected chi connectivity index (χ0v) is 9.81. The van der Waals surface area contributed by atoms with Gasteiger partial charge in [0.15, 0.2) is 0 Å². The van der Waals surface area contributed by atoms with Crippen LogP contribution < -0.4 is 5.32 Å². The summed E-state index contributed by atoms with van der Waals surface area (Å²) in [5.74, 6) is 2.75. The Kier molecular flexibility index (Phi) is 10.2. The minimum absolute atomic E-state index is 0.283. The Balaban J connectivity index is 3.09. The van der Waals surface area contributed by atoms with Gasteiger partial charge in [0.05, 0.1) is 6.04 Å². The Labute approximate surface area is 89.7 Å². The van der Waals surface area contributed by atoms with E-state index in [-0.39, 0.29) is 6.04 Å². The van der Waals surface area contributed by atoms with Crippen LogP contribution >= 0.6 is 0 Å². The van der Waals surface area contributed by atoms with Crippen LogP contribution in [0, 0.1) is 12.3 Å². The molecule has 0 aromatic rings. The highest BCUT2D eigenvalue weighted by Gasteiger charge is 1.99. The second kappa shape index (κ2) is 10.6. The predicted molar refractivity (Wildman–Crippen MR) is 64.3 cm³/mol. The van der Waals surface area contributed by atoms with Gasteiger partial charge in [0.25, 0.3) is 0 Å². The van der Waals surface area contributed by atoms with Gasteiger partial charge in [-0.15, -0.1) is 6.42 Å². The van der Waals surface area contributed by atoms with Gasteiger partial charge in [0, 0.05) is 0 Å². The first-order valence-corrected chi connectivity index (χ1v) is 5.98. The van der Waals surface area contributed by atoms with Gasteiger partial charge in [0.2, 0.25) is 0 Å². The standard InChI is InChI=1S/C13H25N/c1-4-6-7-8-9-10-11-12-13(5-2)14-3/h2,13-14H,4,6-12H2,1,3H3. The lowest BCUT2D eigenvalue weighted by atomic mass is 10.1. The number of hydrogen-bond acceptors (Lipinski definition) is 1. The first-order chi connectivity index (χ1) is 6.85. The first-order valence-electron chi connectivity index (χ1n) is 5.98. The summed E-state index contributed by atoms with van der Waals surface area (Å²) in [7, 11) is 1.94. The molecule has 0 aliphatic rings. The maximum atomic E-state index is 5.35. The first kappa shape index (κ1) is 13.5. The minimum Gasteiger partial charge on any atom is -0.307 e. The molecule has 1 heteroatoms. The zero-order chi connectivity index (χ0) is 10.6. The van der Waals surface area contributed by atoms with E-state index in [0.717, 1.165) is 6.42 Å². The van der Waals surface area contributed by atoms with Crippen LogP contribution in [0.4, 0.5) is 0 Å². The molecule has 0 saturated carbocycles. The average Bonchev–Trinajstić information content (AvgIpc) is 2.22. The second-order valence-corrected chi connectivity index (χ2v) is 3.92. The Morgan fingerprint density at radius 1 is 1.07 bits per heavy atom. The van der Waals surface area contributed by atoms with Crippen molar-refractivity contribution >= 4 is 0 Å². The van der Waals surface area contributed by atoms with Crippen LogP contribution in [0.3, 0.4) is 0 Å². The van der Waals surface area contributed by atoms with Crippen molar-refractivity contribution in [2.45, 2.75) is 64.3 Å². The lowest BCUT2D eigenvalue weighted by Gasteiger charge is -2.08. The second-order valence-electron chi connectivity index (χ2n) is 3.92. The van der Waals surface area contributed by atoms with Crippen LogP contribution in [0.25, 0.3) is 0 Å². The van der Waals surface area contributed by atoms with Gasteiger partial charge < -0.3 is 5.32 Å². The molecule has 0 saturated heterocycles. The molecule has 82 valence electrons. The molecule has 0 amide bonds. The average molecular weight is 195 g/mol. The third kappa shape index (κ3) is 8.13. The Hall–Kier alpha value is -0.480. The predicted octanol–water partition coefficient (Wildman–Crippen LogP) is 3.35. The third-order valence-corrected chi connectivity index (χ3v) is 2.65. The van der Waals surface area contributed by atoms with Crippen LogP contribution in [-0.4, -0.2) is 13.1 Å². The van der Waals surface area contributed by atoms with Gasteiger partial charge in [0.1, 0.15) is 0 Å². The molecule has 14 heavy (non-hydrogen) atoms. The van der Waals surface area contributed by atoms with E-state index in [0.29, 0.717) is 0 Å². The highest BCUT2D eigenvalue weighted by atomic mass is 14.8. The fourth-order valence-corrected chi connectivity index (χ4v) is 1.62. The lowest BCUT2D eigenvalue weighted by molar-refractivity contribution is 0.539. The maximum absolute atomic E-state index is 5.35. The van der Waals surface area contributed by atoms with Crippen molar-refractivity contribution in [1.29, 1.82) is 0 Å². The monoisotopic (exact) mass is 195 g/mol. The molecule has 1 nitrogen and oxygen atoms in total. The molecular formula is C13H25N. The highest BCUT2D eigenvalue weighted by Crippen LogP contribution is 2.09. The van der Waals surface area contributed by atoms with E-state index in [1.165, 1.54) is 44.9 Å². The Bertz CT molecular complexity index is 146. The summed E-state index contributed by atoms with van der Waals surface area (Å²) in [6.07, 6.45) is 16.0. The molecular weight excluding hydrogens is 170 g/mol. The zero-order valence-electron chi connectivity index (χ0n) is 9.81.